The fourth-order valence-electron chi connectivity index (χ4n) is 6.12. The number of fused-ring (bicyclic) bond motifs is 1. The van der Waals surface area contributed by atoms with E-state index in [0.717, 1.165) is 16.5 Å². The number of nitrogens with one attached hydrogen (secondary N) is 1. The molecule has 0 bridgehead atoms. The van der Waals surface area contributed by atoms with Crippen LogP contribution in [0.5, 0.6) is 0 Å². The Hall–Kier alpha value is -3.09. The molecule has 228 valence electrons. The molecule has 1 aromatic carbocycles. The Morgan fingerprint density at radius 2 is 2.00 bits per heavy atom. The second-order valence-corrected chi connectivity index (χ2v) is 14.4. The number of pyridine rings is 1. The van der Waals surface area contributed by atoms with Crippen LogP contribution < -0.4 is 20.9 Å². The fraction of sp³-hybridized carbons (Fsp3) is 0.567. The molecule has 2 fully saturated rings. The molecule has 3 N–H and O–H groups in total. The predicted molar refractivity (Wildman–Crippen MR) is 166 cm³/mol. The Morgan fingerprint density at radius 3 is 2.67 bits per heavy atom. The summed E-state index contributed by atoms with van der Waals surface area (Å²) < 4.78 is 44.8. The van der Waals surface area contributed by atoms with Gasteiger partial charge in [0.15, 0.2) is 5.67 Å². The first kappa shape index (κ1) is 30.4. The second-order valence-electron chi connectivity index (χ2n) is 12.2. The summed E-state index contributed by atoms with van der Waals surface area (Å²) in [6.45, 7) is 10.0. The lowest BCUT2D eigenvalue weighted by atomic mass is 9.88. The largest absolute Gasteiger partial charge is 0.373 e. The molecule has 2 aliphatic heterocycles. The molecule has 2 aromatic heterocycles. The van der Waals surface area contributed by atoms with Gasteiger partial charge in [-0.3, -0.25) is 0 Å². The van der Waals surface area contributed by atoms with Crippen molar-refractivity contribution in [1.29, 1.82) is 0 Å². The van der Waals surface area contributed by atoms with E-state index in [4.69, 9.17) is 15.5 Å². The fourth-order valence-corrected chi connectivity index (χ4v) is 7.28. The smallest absolute Gasteiger partial charge is 0.227 e. The van der Waals surface area contributed by atoms with E-state index in [-0.39, 0.29) is 24.3 Å². The third kappa shape index (κ3) is 6.45. The van der Waals surface area contributed by atoms with Crippen molar-refractivity contribution in [1.82, 2.24) is 15.0 Å². The standard InChI is InChI=1S/C30H42FN7O3S/c1-19(2)22-6-7-25(38-16-21(20(38)3)17-42(5,39)40)24-15-34-28(14-23(22)24)35-27-8-11-33-29(36-27)37-12-9-26(41-13-10-32)30(4,31)18-37/h6-8,11,14-15,19-21,26H,9-10,12-13,16-18,32H2,1-5H3,(H,33,34,35,36)/t20-,21-,26-,30+/m1/s1. The van der Waals surface area contributed by atoms with Gasteiger partial charge < -0.3 is 25.6 Å². The SMILES string of the molecule is CC(C)c1ccc(N2C[C@H](CS(C)(=O)=O)[C@H]2C)c2cnc(Nc3ccnc(N4CC[C@@H](OCCN)[C@@](C)(F)C4)n3)cc12. The monoisotopic (exact) mass is 599 g/mol. The molecule has 5 rings (SSSR count). The Kier molecular flexibility index (Phi) is 8.60. The summed E-state index contributed by atoms with van der Waals surface area (Å²) in [6.07, 6.45) is 4.84. The van der Waals surface area contributed by atoms with Crippen molar-refractivity contribution >= 4 is 43.9 Å². The van der Waals surface area contributed by atoms with Crippen LogP contribution in [0.15, 0.2) is 36.7 Å². The Labute approximate surface area is 247 Å². The van der Waals surface area contributed by atoms with Gasteiger partial charge in [0.05, 0.1) is 25.0 Å². The van der Waals surface area contributed by atoms with Gasteiger partial charge in [0.25, 0.3) is 0 Å². The number of anilines is 4. The number of alkyl halides is 1. The number of benzene rings is 1. The first-order valence-electron chi connectivity index (χ1n) is 14.6. The van der Waals surface area contributed by atoms with Crippen LogP contribution in [-0.4, -0.2) is 86.0 Å². The summed E-state index contributed by atoms with van der Waals surface area (Å²) in [6, 6.07) is 8.20. The molecule has 0 radical (unpaired) electrons. The van der Waals surface area contributed by atoms with Gasteiger partial charge in [-0.15, -0.1) is 0 Å². The van der Waals surface area contributed by atoms with Crippen LogP contribution in [0.3, 0.4) is 0 Å². The van der Waals surface area contributed by atoms with Crippen LogP contribution in [0.25, 0.3) is 10.8 Å². The molecular formula is C30H42FN7O3S. The maximum Gasteiger partial charge on any atom is 0.227 e. The van der Waals surface area contributed by atoms with Gasteiger partial charge in [0.2, 0.25) is 5.95 Å². The Bertz CT molecular complexity index is 1530. The molecule has 2 aliphatic rings. The molecule has 4 atom stereocenters. The summed E-state index contributed by atoms with van der Waals surface area (Å²) in [5, 5.41) is 5.43. The van der Waals surface area contributed by atoms with Crippen LogP contribution in [0.4, 0.5) is 27.7 Å². The first-order chi connectivity index (χ1) is 19.9. The normalized spacial score (nSPS) is 24.7. The molecule has 2 saturated heterocycles. The minimum absolute atomic E-state index is 0.111. The second kappa shape index (κ2) is 11.9. The molecule has 3 aromatic rings. The number of hydrogen-bond donors (Lipinski definition) is 2. The summed E-state index contributed by atoms with van der Waals surface area (Å²) in [7, 11) is -3.03. The van der Waals surface area contributed by atoms with Gasteiger partial charge in [0, 0.05) is 61.3 Å². The number of ether oxygens (including phenoxy) is 1. The van der Waals surface area contributed by atoms with Crippen LogP contribution in [0.1, 0.15) is 45.6 Å². The van der Waals surface area contributed by atoms with E-state index in [9.17, 15) is 8.42 Å². The van der Waals surface area contributed by atoms with Crippen molar-refractivity contribution in [2.75, 3.05) is 59.9 Å². The molecule has 0 saturated carbocycles. The minimum atomic E-state index is -3.03. The van der Waals surface area contributed by atoms with Crippen molar-refractivity contribution < 1.29 is 17.5 Å². The first-order valence-corrected chi connectivity index (χ1v) is 16.6. The van der Waals surface area contributed by atoms with Crippen LogP contribution in [-0.2, 0) is 14.6 Å². The summed E-state index contributed by atoms with van der Waals surface area (Å²) >= 11 is 0. The maximum atomic E-state index is 15.4. The minimum Gasteiger partial charge on any atom is -0.373 e. The quantitative estimate of drug-likeness (QED) is 0.353. The van der Waals surface area contributed by atoms with Crippen molar-refractivity contribution in [3.8, 4) is 0 Å². The molecule has 42 heavy (non-hydrogen) atoms. The van der Waals surface area contributed by atoms with Crippen LogP contribution >= 0.6 is 0 Å². The number of aromatic nitrogens is 3. The number of rotatable bonds is 10. The lowest BCUT2D eigenvalue weighted by Crippen LogP contribution is -2.57. The van der Waals surface area contributed by atoms with Crippen molar-refractivity contribution in [2.24, 2.45) is 11.7 Å². The van der Waals surface area contributed by atoms with E-state index in [1.165, 1.54) is 11.8 Å². The van der Waals surface area contributed by atoms with Crippen molar-refractivity contribution in [2.45, 2.75) is 57.8 Å². The van der Waals surface area contributed by atoms with Gasteiger partial charge in [-0.1, -0.05) is 19.9 Å². The maximum absolute atomic E-state index is 15.4. The molecule has 0 spiro atoms. The number of sulfone groups is 1. The van der Waals surface area contributed by atoms with Crippen molar-refractivity contribution in [3.05, 3.63) is 42.2 Å². The van der Waals surface area contributed by atoms with Gasteiger partial charge in [-0.25, -0.2) is 22.8 Å². The zero-order chi connectivity index (χ0) is 30.2. The van der Waals surface area contributed by atoms with E-state index >= 15 is 4.39 Å². The number of piperidine rings is 1. The highest BCUT2D eigenvalue weighted by Gasteiger charge is 2.42. The number of nitrogens with two attached hydrogens (primary N) is 1. The molecular weight excluding hydrogens is 557 g/mol. The molecule has 0 amide bonds. The Balaban J connectivity index is 1.37. The average molecular weight is 600 g/mol. The van der Waals surface area contributed by atoms with E-state index in [0.29, 0.717) is 56.2 Å². The lowest BCUT2D eigenvalue weighted by Gasteiger charge is -2.48. The van der Waals surface area contributed by atoms with E-state index in [1.54, 1.807) is 19.2 Å². The van der Waals surface area contributed by atoms with Gasteiger partial charge in [0.1, 0.15) is 21.5 Å². The summed E-state index contributed by atoms with van der Waals surface area (Å²) in [5.74, 6) is 2.26. The van der Waals surface area contributed by atoms with Crippen molar-refractivity contribution in [3.63, 3.8) is 0 Å². The van der Waals surface area contributed by atoms with Crippen LogP contribution in [0, 0.1) is 5.92 Å². The number of hydrogen-bond acceptors (Lipinski definition) is 10. The zero-order valence-electron chi connectivity index (χ0n) is 25.0. The molecule has 12 heteroatoms. The zero-order valence-corrected chi connectivity index (χ0v) is 25.9. The summed E-state index contributed by atoms with van der Waals surface area (Å²) in [5.41, 5.74) is 6.24. The Morgan fingerprint density at radius 1 is 1.21 bits per heavy atom. The lowest BCUT2D eigenvalue weighted by molar-refractivity contribution is -0.0592. The molecule has 0 unspecified atom stereocenters. The van der Waals surface area contributed by atoms with Crippen LogP contribution in [0.2, 0.25) is 0 Å². The molecule has 0 aliphatic carbocycles. The molecule has 4 heterocycles. The highest BCUT2D eigenvalue weighted by atomic mass is 32.2. The third-order valence-electron chi connectivity index (χ3n) is 8.42. The number of halogens is 1. The highest BCUT2D eigenvalue weighted by Crippen LogP contribution is 2.39. The van der Waals surface area contributed by atoms with Gasteiger partial charge in [-0.05, 0) is 55.3 Å². The topological polar surface area (TPSA) is 127 Å². The van der Waals surface area contributed by atoms with Gasteiger partial charge in [-0.2, -0.15) is 4.98 Å². The molecule has 10 nitrogen and oxygen atoms in total. The summed E-state index contributed by atoms with van der Waals surface area (Å²) in [4.78, 5) is 17.9. The highest BCUT2D eigenvalue weighted by molar-refractivity contribution is 7.90. The van der Waals surface area contributed by atoms with E-state index in [1.807, 2.05) is 17.2 Å². The van der Waals surface area contributed by atoms with E-state index in [2.05, 4.69) is 53.1 Å². The van der Waals surface area contributed by atoms with Gasteiger partial charge >= 0.3 is 0 Å². The average Bonchev–Trinajstić information content (AvgIpc) is 2.93. The predicted octanol–water partition coefficient (Wildman–Crippen LogP) is 4.04. The number of nitrogens with zero attached hydrogens (tertiary/aromatic N) is 5. The van der Waals surface area contributed by atoms with E-state index < -0.39 is 21.6 Å². The third-order valence-corrected chi connectivity index (χ3v) is 9.45.